The molecule has 0 aliphatic heterocycles. The first kappa shape index (κ1) is 11.6. The van der Waals surface area contributed by atoms with Crippen molar-refractivity contribution in [2.75, 3.05) is 0 Å². The second-order valence-electron chi connectivity index (χ2n) is 4.18. The molecule has 16 heavy (non-hydrogen) atoms. The number of amides is 1. The number of hydrogen-bond donors (Lipinski definition) is 1. The van der Waals surface area contributed by atoms with Gasteiger partial charge in [-0.1, -0.05) is 19.3 Å². The third-order valence-corrected chi connectivity index (χ3v) is 3.36. The number of carbonyl (C=O) groups excluding carboxylic acids is 1. The van der Waals surface area contributed by atoms with Gasteiger partial charge in [0, 0.05) is 17.8 Å². The van der Waals surface area contributed by atoms with Crippen LogP contribution < -0.4 is 5.32 Å². The highest BCUT2D eigenvalue weighted by atomic mass is 79.9. The molecule has 1 aliphatic rings. The van der Waals surface area contributed by atoms with Crippen molar-refractivity contribution in [2.24, 2.45) is 0 Å². The van der Waals surface area contributed by atoms with Crippen LogP contribution in [0.1, 0.15) is 42.5 Å². The highest BCUT2D eigenvalue weighted by Crippen LogP contribution is 2.18. The molecule has 2 rings (SSSR count). The van der Waals surface area contributed by atoms with Crippen LogP contribution in [0.15, 0.2) is 22.9 Å². The lowest BCUT2D eigenvalue weighted by molar-refractivity contribution is 0.0927. The Kier molecular flexibility index (Phi) is 3.93. The smallest absolute Gasteiger partial charge is 0.251 e. The molecule has 0 bridgehead atoms. The van der Waals surface area contributed by atoms with Crippen LogP contribution in [0.4, 0.5) is 0 Å². The van der Waals surface area contributed by atoms with Gasteiger partial charge < -0.3 is 5.32 Å². The Morgan fingerprint density at radius 1 is 1.38 bits per heavy atom. The van der Waals surface area contributed by atoms with Gasteiger partial charge in [0.1, 0.15) is 4.60 Å². The Bertz CT molecular complexity index is 375. The Hall–Kier alpha value is -0.900. The quantitative estimate of drug-likeness (QED) is 0.848. The van der Waals surface area contributed by atoms with Gasteiger partial charge in [0.15, 0.2) is 0 Å². The van der Waals surface area contributed by atoms with Crippen LogP contribution in [0.2, 0.25) is 0 Å². The molecule has 4 heteroatoms. The van der Waals surface area contributed by atoms with Crippen LogP contribution in [0.5, 0.6) is 0 Å². The molecule has 1 fully saturated rings. The van der Waals surface area contributed by atoms with E-state index in [1.54, 1.807) is 18.3 Å². The number of nitrogens with one attached hydrogen (secondary N) is 1. The van der Waals surface area contributed by atoms with E-state index in [1.807, 2.05) is 0 Å². The van der Waals surface area contributed by atoms with E-state index in [4.69, 9.17) is 0 Å². The zero-order valence-electron chi connectivity index (χ0n) is 9.08. The summed E-state index contributed by atoms with van der Waals surface area (Å²) in [5.41, 5.74) is 0.674. The van der Waals surface area contributed by atoms with Crippen LogP contribution in [0.25, 0.3) is 0 Å². The van der Waals surface area contributed by atoms with Crippen molar-refractivity contribution in [1.29, 1.82) is 0 Å². The van der Waals surface area contributed by atoms with Gasteiger partial charge in [-0.25, -0.2) is 4.98 Å². The molecule has 0 radical (unpaired) electrons. The highest BCUT2D eigenvalue weighted by Gasteiger charge is 2.16. The lowest BCUT2D eigenvalue weighted by Gasteiger charge is -2.22. The van der Waals surface area contributed by atoms with Gasteiger partial charge in [0.25, 0.3) is 5.91 Å². The number of rotatable bonds is 2. The molecule has 1 saturated carbocycles. The summed E-state index contributed by atoms with van der Waals surface area (Å²) in [6, 6.07) is 3.84. The van der Waals surface area contributed by atoms with Crippen LogP contribution in [-0.4, -0.2) is 16.9 Å². The summed E-state index contributed by atoms with van der Waals surface area (Å²) in [6.07, 6.45) is 7.61. The summed E-state index contributed by atoms with van der Waals surface area (Å²) >= 11 is 3.26. The third kappa shape index (κ3) is 3.04. The van der Waals surface area contributed by atoms with Crippen molar-refractivity contribution in [1.82, 2.24) is 10.3 Å². The van der Waals surface area contributed by atoms with E-state index in [1.165, 1.54) is 19.3 Å². The zero-order valence-corrected chi connectivity index (χ0v) is 10.7. The maximum atomic E-state index is 11.9. The number of carbonyl (C=O) groups is 1. The number of hydrogen-bond acceptors (Lipinski definition) is 2. The molecule has 1 heterocycles. The molecule has 1 N–H and O–H groups in total. The van der Waals surface area contributed by atoms with Crippen molar-refractivity contribution in [2.45, 2.75) is 38.1 Å². The van der Waals surface area contributed by atoms with Gasteiger partial charge in [-0.2, -0.15) is 0 Å². The van der Waals surface area contributed by atoms with E-state index in [0.717, 1.165) is 12.8 Å². The standard InChI is InChI=1S/C12H15BrN2O/c13-11-8-9(6-7-14-11)12(16)15-10-4-2-1-3-5-10/h6-8,10H,1-5H2,(H,15,16). The predicted molar refractivity (Wildman–Crippen MR) is 66.3 cm³/mol. The fraction of sp³-hybridized carbons (Fsp3) is 0.500. The molecule has 0 atom stereocenters. The summed E-state index contributed by atoms with van der Waals surface area (Å²) in [7, 11) is 0. The van der Waals surface area contributed by atoms with Crippen molar-refractivity contribution in [3.8, 4) is 0 Å². The Morgan fingerprint density at radius 3 is 2.81 bits per heavy atom. The van der Waals surface area contributed by atoms with Gasteiger partial charge in [0.05, 0.1) is 0 Å². The van der Waals surface area contributed by atoms with E-state index in [2.05, 4.69) is 26.2 Å². The molecule has 1 aliphatic carbocycles. The molecule has 0 unspecified atom stereocenters. The van der Waals surface area contributed by atoms with E-state index >= 15 is 0 Å². The maximum Gasteiger partial charge on any atom is 0.251 e. The summed E-state index contributed by atoms with van der Waals surface area (Å²) in [5, 5.41) is 3.07. The Balaban J connectivity index is 1.97. The van der Waals surface area contributed by atoms with Crippen LogP contribution in [-0.2, 0) is 0 Å². The van der Waals surface area contributed by atoms with Crippen molar-refractivity contribution >= 4 is 21.8 Å². The van der Waals surface area contributed by atoms with Crippen molar-refractivity contribution in [3.63, 3.8) is 0 Å². The summed E-state index contributed by atoms with van der Waals surface area (Å²) < 4.78 is 0.698. The van der Waals surface area contributed by atoms with Gasteiger partial charge in [-0.3, -0.25) is 4.79 Å². The topological polar surface area (TPSA) is 42.0 Å². The summed E-state index contributed by atoms with van der Waals surface area (Å²) in [5.74, 6) is 0.00926. The highest BCUT2D eigenvalue weighted by molar-refractivity contribution is 9.10. The van der Waals surface area contributed by atoms with Gasteiger partial charge in [0.2, 0.25) is 0 Å². The van der Waals surface area contributed by atoms with Crippen LogP contribution in [0, 0.1) is 0 Å². The van der Waals surface area contributed by atoms with Crippen LogP contribution in [0.3, 0.4) is 0 Å². The minimum atomic E-state index is 0.00926. The molecule has 0 aromatic carbocycles. The second-order valence-corrected chi connectivity index (χ2v) is 4.99. The first-order valence-corrected chi connectivity index (χ1v) is 6.47. The van der Waals surface area contributed by atoms with Gasteiger partial charge >= 0.3 is 0 Å². The number of halogens is 1. The molecular weight excluding hydrogens is 268 g/mol. The van der Waals surface area contributed by atoms with Crippen LogP contribution >= 0.6 is 15.9 Å². The van der Waals surface area contributed by atoms with Gasteiger partial charge in [-0.15, -0.1) is 0 Å². The first-order chi connectivity index (χ1) is 7.75. The number of aromatic nitrogens is 1. The molecule has 1 aromatic heterocycles. The zero-order chi connectivity index (χ0) is 11.4. The SMILES string of the molecule is O=C(NC1CCCCC1)c1ccnc(Br)c1. The Labute approximate surface area is 104 Å². The largest absolute Gasteiger partial charge is 0.349 e. The number of nitrogens with zero attached hydrogens (tertiary/aromatic N) is 1. The average Bonchev–Trinajstić information content (AvgIpc) is 2.30. The van der Waals surface area contributed by atoms with E-state index < -0.39 is 0 Å². The molecule has 0 spiro atoms. The molecule has 3 nitrogen and oxygen atoms in total. The normalized spacial score (nSPS) is 17.1. The lowest BCUT2D eigenvalue weighted by atomic mass is 9.95. The van der Waals surface area contributed by atoms with E-state index in [9.17, 15) is 4.79 Å². The molecule has 86 valence electrons. The molecular formula is C12H15BrN2O. The fourth-order valence-electron chi connectivity index (χ4n) is 2.06. The molecule has 1 amide bonds. The van der Waals surface area contributed by atoms with E-state index in [0.29, 0.717) is 16.2 Å². The molecule has 0 saturated heterocycles. The van der Waals surface area contributed by atoms with Gasteiger partial charge in [-0.05, 0) is 40.9 Å². The van der Waals surface area contributed by atoms with Crippen molar-refractivity contribution in [3.05, 3.63) is 28.5 Å². The summed E-state index contributed by atoms with van der Waals surface area (Å²) in [6.45, 7) is 0. The first-order valence-electron chi connectivity index (χ1n) is 5.68. The summed E-state index contributed by atoms with van der Waals surface area (Å²) in [4.78, 5) is 15.9. The monoisotopic (exact) mass is 282 g/mol. The average molecular weight is 283 g/mol. The minimum absolute atomic E-state index is 0.00926. The molecule has 1 aromatic rings. The third-order valence-electron chi connectivity index (χ3n) is 2.93. The minimum Gasteiger partial charge on any atom is -0.349 e. The van der Waals surface area contributed by atoms with Crippen molar-refractivity contribution < 1.29 is 4.79 Å². The lowest BCUT2D eigenvalue weighted by Crippen LogP contribution is -2.36. The fourth-order valence-corrected chi connectivity index (χ4v) is 2.42. The second kappa shape index (κ2) is 5.43. The number of pyridine rings is 1. The Morgan fingerprint density at radius 2 is 2.12 bits per heavy atom. The van der Waals surface area contributed by atoms with E-state index in [-0.39, 0.29) is 5.91 Å². The predicted octanol–water partition coefficient (Wildman–Crippen LogP) is 2.91. The maximum absolute atomic E-state index is 11.9.